The molecule has 2 atom stereocenters. The Kier molecular flexibility index (Phi) is 5.94. The summed E-state index contributed by atoms with van der Waals surface area (Å²) < 4.78 is 1.12. The predicted molar refractivity (Wildman–Crippen MR) is 87.7 cm³/mol. The Morgan fingerprint density at radius 2 is 1.62 bits per heavy atom. The van der Waals surface area contributed by atoms with Crippen LogP contribution in [0.5, 0.6) is 0 Å². The van der Waals surface area contributed by atoms with Gasteiger partial charge in [-0.3, -0.25) is 0 Å². The van der Waals surface area contributed by atoms with Crippen LogP contribution in [0.25, 0.3) is 6.08 Å². The number of hydrogen-bond acceptors (Lipinski definition) is 2. The molecule has 0 fully saturated rings. The molecule has 0 aliphatic heterocycles. The van der Waals surface area contributed by atoms with E-state index in [-0.39, 0.29) is 25.6 Å². The van der Waals surface area contributed by atoms with Crippen LogP contribution in [0.1, 0.15) is 12.5 Å². The molecule has 0 radical (unpaired) electrons. The summed E-state index contributed by atoms with van der Waals surface area (Å²) in [6.45, 7) is 1.55. The van der Waals surface area contributed by atoms with E-state index in [0.717, 1.165) is 10.0 Å². The van der Waals surface area contributed by atoms with Crippen molar-refractivity contribution in [2.75, 3.05) is 0 Å². The summed E-state index contributed by atoms with van der Waals surface area (Å²) in [6, 6.07) is 19.7. The van der Waals surface area contributed by atoms with Crippen molar-refractivity contribution in [2.24, 2.45) is 0 Å². The van der Waals surface area contributed by atoms with Crippen molar-refractivity contribution in [1.29, 1.82) is 0 Å². The molecule has 108 valence electrons. The summed E-state index contributed by atoms with van der Waals surface area (Å²) in [7, 11) is 0. The second kappa shape index (κ2) is 7.94. The zero-order chi connectivity index (χ0) is 15.1. The van der Waals surface area contributed by atoms with E-state index in [1.807, 2.05) is 66.7 Å². The van der Waals surface area contributed by atoms with Crippen LogP contribution < -0.4 is 4.46 Å². The average Bonchev–Trinajstić information content (AvgIpc) is 2.52. The Hall–Kier alpha value is -1.67. The number of Topliss-reactive ketones (excluding diaryl/α,β-unsaturated/α-hetero) is 1. The molecular formula is C18H18O2Se. The van der Waals surface area contributed by atoms with Crippen LogP contribution in [-0.4, -0.2) is 32.0 Å². The number of carbonyl (C=O) groups excluding carboxylic acids is 1. The summed E-state index contributed by atoms with van der Waals surface area (Å²) in [5.41, 5.74) is 1.02. The monoisotopic (exact) mass is 346 g/mol. The first-order chi connectivity index (χ1) is 10.2. The van der Waals surface area contributed by atoms with Crippen molar-refractivity contribution in [2.45, 2.75) is 17.8 Å². The van der Waals surface area contributed by atoms with Gasteiger partial charge in [-0.15, -0.1) is 0 Å². The summed E-state index contributed by atoms with van der Waals surface area (Å²) in [6.07, 6.45) is 2.83. The molecule has 1 N–H and O–H groups in total. The van der Waals surface area contributed by atoms with Gasteiger partial charge >= 0.3 is 131 Å². The molecule has 0 unspecified atom stereocenters. The van der Waals surface area contributed by atoms with Gasteiger partial charge < -0.3 is 0 Å². The van der Waals surface area contributed by atoms with Crippen molar-refractivity contribution in [3.8, 4) is 0 Å². The molecule has 0 aromatic heterocycles. The van der Waals surface area contributed by atoms with Crippen molar-refractivity contribution in [3.63, 3.8) is 0 Å². The fraction of sp³-hybridized carbons (Fsp3) is 0.167. The molecule has 2 nitrogen and oxygen atoms in total. The van der Waals surface area contributed by atoms with E-state index in [4.69, 9.17) is 0 Å². The molecule has 0 saturated heterocycles. The number of aliphatic hydroxyl groups excluding tert-OH is 1. The van der Waals surface area contributed by atoms with Crippen LogP contribution in [0.15, 0.2) is 66.7 Å². The molecule has 3 heteroatoms. The van der Waals surface area contributed by atoms with Crippen molar-refractivity contribution in [1.82, 2.24) is 0 Å². The first-order valence-corrected chi connectivity index (χ1v) is 8.65. The first kappa shape index (κ1) is 15.7. The molecule has 0 heterocycles. The van der Waals surface area contributed by atoms with Gasteiger partial charge in [0, 0.05) is 0 Å². The van der Waals surface area contributed by atoms with E-state index < -0.39 is 6.10 Å². The van der Waals surface area contributed by atoms with Crippen molar-refractivity contribution >= 4 is 31.3 Å². The fourth-order valence-corrected chi connectivity index (χ4v) is 4.02. The van der Waals surface area contributed by atoms with Crippen molar-refractivity contribution < 1.29 is 9.90 Å². The Balaban J connectivity index is 2.07. The Morgan fingerprint density at radius 1 is 1.05 bits per heavy atom. The zero-order valence-electron chi connectivity index (χ0n) is 11.8. The molecule has 0 aliphatic rings. The summed E-state index contributed by atoms with van der Waals surface area (Å²) in [4.78, 5) is 11.5. The van der Waals surface area contributed by atoms with E-state index in [1.165, 1.54) is 0 Å². The molecule has 0 saturated carbocycles. The maximum atomic E-state index is 11.8. The minimum atomic E-state index is -0.747. The van der Waals surface area contributed by atoms with Gasteiger partial charge in [0.1, 0.15) is 0 Å². The molecule has 2 aromatic carbocycles. The Morgan fingerprint density at radius 3 is 2.19 bits per heavy atom. The van der Waals surface area contributed by atoms with Crippen LogP contribution >= 0.6 is 0 Å². The summed E-state index contributed by atoms with van der Waals surface area (Å²) in [5.74, 6) is 0.0315. The second-order valence-corrected chi connectivity index (χ2v) is 7.27. The zero-order valence-corrected chi connectivity index (χ0v) is 13.6. The number of carbonyl (C=O) groups is 1. The summed E-state index contributed by atoms with van der Waals surface area (Å²) in [5, 5.41) is 10.3. The molecule has 0 bridgehead atoms. The van der Waals surface area contributed by atoms with Gasteiger partial charge in [0.2, 0.25) is 0 Å². The predicted octanol–water partition coefficient (Wildman–Crippen LogP) is 2.47. The first-order valence-electron chi connectivity index (χ1n) is 6.80. The van der Waals surface area contributed by atoms with Crippen LogP contribution in [-0.2, 0) is 4.79 Å². The molecule has 2 rings (SSSR count). The van der Waals surface area contributed by atoms with E-state index in [9.17, 15) is 9.90 Å². The van der Waals surface area contributed by atoms with E-state index >= 15 is 0 Å². The third-order valence-corrected chi connectivity index (χ3v) is 5.96. The topological polar surface area (TPSA) is 37.3 Å². The van der Waals surface area contributed by atoms with Gasteiger partial charge in [-0.25, -0.2) is 0 Å². The van der Waals surface area contributed by atoms with Gasteiger partial charge in [0.05, 0.1) is 0 Å². The average molecular weight is 345 g/mol. The number of aliphatic hydroxyl groups is 1. The van der Waals surface area contributed by atoms with Gasteiger partial charge in [-0.1, -0.05) is 0 Å². The van der Waals surface area contributed by atoms with Crippen molar-refractivity contribution in [3.05, 3.63) is 72.3 Å². The van der Waals surface area contributed by atoms with Gasteiger partial charge in [-0.2, -0.15) is 0 Å². The summed E-state index contributed by atoms with van der Waals surface area (Å²) >= 11 is -0.0759. The molecule has 0 spiro atoms. The van der Waals surface area contributed by atoms with E-state index in [1.54, 1.807) is 13.0 Å². The second-order valence-electron chi connectivity index (χ2n) is 4.72. The Bertz CT molecular complexity index is 593. The Labute approximate surface area is 131 Å². The number of benzene rings is 2. The number of hydrogen-bond donors (Lipinski definition) is 1. The number of ketones is 1. The van der Waals surface area contributed by atoms with Gasteiger partial charge in [-0.05, 0) is 0 Å². The molecule has 2 aromatic rings. The quantitative estimate of drug-likeness (QED) is 0.817. The molecule has 0 amide bonds. The van der Waals surface area contributed by atoms with Crippen LogP contribution in [0, 0.1) is 0 Å². The van der Waals surface area contributed by atoms with E-state index in [2.05, 4.69) is 0 Å². The van der Waals surface area contributed by atoms with Gasteiger partial charge in [0.15, 0.2) is 0 Å². The van der Waals surface area contributed by atoms with Gasteiger partial charge in [0.25, 0.3) is 0 Å². The molecule has 0 aliphatic carbocycles. The third kappa shape index (κ3) is 4.98. The van der Waals surface area contributed by atoms with E-state index in [0.29, 0.717) is 0 Å². The molecular weight excluding hydrogens is 327 g/mol. The third-order valence-electron chi connectivity index (χ3n) is 3.00. The number of rotatable bonds is 6. The van der Waals surface area contributed by atoms with Crippen LogP contribution in [0.3, 0.4) is 0 Å². The SMILES string of the molecule is CC(=O)[C@@H]([Se]c1ccccc1)[C@H](O)/C=C/c1ccccc1. The van der Waals surface area contributed by atoms with Crippen LogP contribution in [0.4, 0.5) is 0 Å². The van der Waals surface area contributed by atoms with Crippen LogP contribution in [0.2, 0.25) is 4.82 Å². The fourth-order valence-electron chi connectivity index (χ4n) is 1.91. The minimum absolute atomic E-state index is 0.0315. The molecule has 21 heavy (non-hydrogen) atoms. The normalized spacial score (nSPS) is 14.0. The maximum absolute atomic E-state index is 11.8. The standard InChI is InChI=1S/C18H18O2Se/c1-14(19)18(21-16-10-6-3-7-11-16)17(20)13-12-15-8-4-2-5-9-15/h2-13,17-18,20H,1H3/b13-12+/t17-,18-/m1/s1.